The van der Waals surface area contributed by atoms with E-state index in [2.05, 4.69) is 28.2 Å². The number of nitrogens with one attached hydrogen (secondary N) is 1. The van der Waals surface area contributed by atoms with Gasteiger partial charge < -0.3 is 14.8 Å². The fraction of sp³-hybridized carbons (Fsp3) is 0.346. The Bertz CT molecular complexity index is 1340. The Morgan fingerprint density at radius 3 is 2.89 bits per heavy atom. The van der Waals surface area contributed by atoms with E-state index >= 15 is 0 Å². The van der Waals surface area contributed by atoms with Crippen molar-refractivity contribution in [2.75, 3.05) is 18.2 Å². The standard InChI is InChI=1S/C26H26BrClN4O3S/c1-3-11-36-26-30-25-29-19-9-6-10-20(33)22(19)23(32(25)31-26)16-12-17(27)24(21(13-16)34-2)35-14-15-7-4-5-8-18(15)28/h4-5,7-8,12-13,23H,3,6,9-11,14H2,1-2H3,(H,29,30,31). The summed E-state index contributed by atoms with van der Waals surface area (Å²) < 4.78 is 14.4. The molecule has 0 bridgehead atoms. The lowest BCUT2D eigenvalue weighted by molar-refractivity contribution is -0.116. The van der Waals surface area contributed by atoms with Crippen LogP contribution < -0.4 is 14.8 Å². The van der Waals surface area contributed by atoms with Crippen LogP contribution in [0.4, 0.5) is 5.95 Å². The maximum Gasteiger partial charge on any atom is 0.227 e. The molecule has 1 aliphatic carbocycles. The third-order valence-electron chi connectivity index (χ3n) is 6.18. The average molecular weight is 590 g/mol. The molecule has 0 radical (unpaired) electrons. The maximum absolute atomic E-state index is 13.2. The minimum atomic E-state index is -0.407. The van der Waals surface area contributed by atoms with Crippen molar-refractivity contribution in [1.82, 2.24) is 14.8 Å². The molecule has 2 aliphatic rings. The van der Waals surface area contributed by atoms with E-state index in [0.29, 0.717) is 40.7 Å². The molecule has 10 heteroatoms. The van der Waals surface area contributed by atoms with Gasteiger partial charge in [0.2, 0.25) is 11.1 Å². The van der Waals surface area contributed by atoms with Crippen LogP contribution in [0.1, 0.15) is 49.8 Å². The summed E-state index contributed by atoms with van der Waals surface area (Å²) in [5.74, 6) is 2.83. The summed E-state index contributed by atoms with van der Waals surface area (Å²) in [6, 6.07) is 11.0. The molecular formula is C26H26BrClN4O3S. The molecule has 0 spiro atoms. The number of rotatable bonds is 8. The smallest absolute Gasteiger partial charge is 0.227 e. The van der Waals surface area contributed by atoms with Crippen molar-refractivity contribution < 1.29 is 14.3 Å². The highest BCUT2D eigenvalue weighted by Crippen LogP contribution is 2.45. The minimum Gasteiger partial charge on any atom is -0.493 e. The van der Waals surface area contributed by atoms with E-state index < -0.39 is 6.04 Å². The number of halogens is 2. The monoisotopic (exact) mass is 588 g/mol. The molecule has 2 heterocycles. The van der Waals surface area contributed by atoms with E-state index in [1.807, 2.05) is 41.1 Å². The van der Waals surface area contributed by atoms with E-state index in [4.69, 9.17) is 31.2 Å². The highest BCUT2D eigenvalue weighted by atomic mass is 79.9. The molecule has 2 aromatic carbocycles. The molecule has 3 aromatic rings. The van der Waals surface area contributed by atoms with Gasteiger partial charge in [0, 0.05) is 34.0 Å². The Kier molecular flexibility index (Phi) is 7.60. The van der Waals surface area contributed by atoms with Crippen LogP contribution in [0, 0.1) is 0 Å². The van der Waals surface area contributed by atoms with Gasteiger partial charge in [-0.1, -0.05) is 48.5 Å². The van der Waals surface area contributed by atoms with Gasteiger partial charge in [-0.05, 0) is 59.0 Å². The number of thioether (sulfide) groups is 1. The Labute approximate surface area is 227 Å². The first-order chi connectivity index (χ1) is 17.5. The second kappa shape index (κ2) is 10.9. The fourth-order valence-electron chi connectivity index (χ4n) is 4.50. The predicted molar refractivity (Wildman–Crippen MR) is 145 cm³/mol. The van der Waals surface area contributed by atoms with Crippen LogP contribution in [0.5, 0.6) is 11.5 Å². The molecule has 36 heavy (non-hydrogen) atoms. The van der Waals surface area contributed by atoms with Gasteiger partial charge in [-0.2, -0.15) is 4.98 Å². The van der Waals surface area contributed by atoms with Gasteiger partial charge in [-0.3, -0.25) is 4.79 Å². The first-order valence-corrected chi connectivity index (χ1v) is 14.0. The summed E-state index contributed by atoms with van der Waals surface area (Å²) in [4.78, 5) is 17.9. The Balaban J connectivity index is 1.55. The van der Waals surface area contributed by atoms with Gasteiger partial charge in [-0.25, -0.2) is 4.68 Å². The van der Waals surface area contributed by atoms with Gasteiger partial charge >= 0.3 is 0 Å². The first-order valence-electron chi connectivity index (χ1n) is 11.9. The second-order valence-electron chi connectivity index (χ2n) is 8.62. The number of allylic oxidation sites excluding steroid dienone is 2. The molecule has 1 unspecified atom stereocenters. The number of methoxy groups -OCH3 is 1. The van der Waals surface area contributed by atoms with Gasteiger partial charge in [0.25, 0.3) is 0 Å². The number of hydrogen-bond donors (Lipinski definition) is 1. The molecule has 1 atom stereocenters. The summed E-state index contributed by atoms with van der Waals surface area (Å²) in [6.07, 6.45) is 3.18. The second-order valence-corrected chi connectivity index (χ2v) is 10.9. The number of Topliss-reactive ketones (excluding diaryl/α,β-unsaturated/α-hetero) is 1. The lowest BCUT2D eigenvalue weighted by atomic mass is 9.85. The zero-order valence-electron chi connectivity index (χ0n) is 20.0. The van der Waals surface area contributed by atoms with Crippen LogP contribution in [0.3, 0.4) is 0 Å². The van der Waals surface area contributed by atoms with Crippen LogP contribution in [0.25, 0.3) is 0 Å². The lowest BCUT2D eigenvalue weighted by Gasteiger charge is -2.32. The van der Waals surface area contributed by atoms with Crippen molar-refractivity contribution in [3.05, 3.63) is 68.3 Å². The molecule has 1 aromatic heterocycles. The Morgan fingerprint density at radius 2 is 2.11 bits per heavy atom. The third-order valence-corrected chi connectivity index (χ3v) is 8.18. The van der Waals surface area contributed by atoms with Crippen LogP contribution in [-0.2, 0) is 11.4 Å². The Morgan fingerprint density at radius 1 is 1.28 bits per heavy atom. The molecule has 7 nitrogen and oxygen atoms in total. The number of ether oxygens (including phenoxy) is 2. The molecule has 0 saturated heterocycles. The van der Waals surface area contributed by atoms with E-state index in [-0.39, 0.29) is 5.78 Å². The minimum absolute atomic E-state index is 0.131. The number of carbonyl (C=O) groups excluding carboxylic acids is 1. The van der Waals surface area contributed by atoms with E-state index in [1.54, 1.807) is 18.9 Å². The van der Waals surface area contributed by atoms with Crippen molar-refractivity contribution in [2.45, 2.75) is 50.4 Å². The highest BCUT2D eigenvalue weighted by molar-refractivity contribution is 9.10. The summed E-state index contributed by atoms with van der Waals surface area (Å²) in [5.41, 5.74) is 3.41. The lowest BCUT2D eigenvalue weighted by Crippen LogP contribution is -2.31. The van der Waals surface area contributed by atoms with Crippen molar-refractivity contribution in [2.24, 2.45) is 0 Å². The zero-order valence-corrected chi connectivity index (χ0v) is 23.2. The fourth-order valence-corrected chi connectivity index (χ4v) is 5.95. The number of aromatic nitrogens is 3. The number of anilines is 1. The maximum atomic E-state index is 13.2. The summed E-state index contributed by atoms with van der Waals surface area (Å²) >= 11 is 11.6. The van der Waals surface area contributed by atoms with Gasteiger partial charge in [0.1, 0.15) is 12.6 Å². The molecule has 1 N–H and O–H groups in total. The number of hydrogen-bond acceptors (Lipinski definition) is 7. The molecule has 0 fully saturated rings. The summed E-state index contributed by atoms with van der Waals surface area (Å²) in [5, 5.41) is 9.50. The van der Waals surface area contributed by atoms with E-state index in [9.17, 15) is 4.79 Å². The topological polar surface area (TPSA) is 78.3 Å². The molecule has 0 saturated carbocycles. The van der Waals surface area contributed by atoms with Crippen LogP contribution in [-0.4, -0.2) is 33.4 Å². The third kappa shape index (κ3) is 4.88. The highest BCUT2D eigenvalue weighted by Gasteiger charge is 2.37. The van der Waals surface area contributed by atoms with Crippen molar-refractivity contribution in [1.29, 1.82) is 0 Å². The summed E-state index contributed by atoms with van der Waals surface area (Å²) in [6.45, 7) is 2.42. The zero-order chi connectivity index (χ0) is 25.2. The largest absolute Gasteiger partial charge is 0.493 e. The number of nitrogens with zero attached hydrogens (tertiary/aromatic N) is 3. The van der Waals surface area contributed by atoms with Crippen molar-refractivity contribution in [3.63, 3.8) is 0 Å². The van der Waals surface area contributed by atoms with Gasteiger partial charge in [0.05, 0.1) is 11.6 Å². The van der Waals surface area contributed by atoms with Crippen molar-refractivity contribution in [3.8, 4) is 11.5 Å². The molecule has 0 amide bonds. The molecule has 1 aliphatic heterocycles. The SMILES string of the molecule is CCCSc1nc2n(n1)C(c1cc(Br)c(OCc3ccccc3Cl)c(OC)c1)C1=C(CCCC1=O)N2. The number of carbonyl (C=O) groups is 1. The quantitative estimate of drug-likeness (QED) is 0.289. The number of benzene rings is 2. The van der Waals surface area contributed by atoms with Gasteiger partial charge in [0.15, 0.2) is 17.3 Å². The molecule has 188 valence electrons. The average Bonchev–Trinajstić information content (AvgIpc) is 3.28. The molecule has 5 rings (SSSR count). The number of ketones is 1. The normalized spacial score (nSPS) is 16.9. The van der Waals surface area contributed by atoms with Gasteiger partial charge in [-0.15, -0.1) is 5.10 Å². The van der Waals surface area contributed by atoms with Crippen molar-refractivity contribution >= 4 is 51.0 Å². The van der Waals surface area contributed by atoms with Crippen LogP contribution >= 0.6 is 39.3 Å². The number of fused-ring (bicyclic) bond motifs is 1. The van der Waals surface area contributed by atoms with E-state index in [0.717, 1.165) is 51.9 Å². The van der Waals surface area contributed by atoms with Crippen LogP contribution in [0.2, 0.25) is 5.02 Å². The van der Waals surface area contributed by atoms with Crippen LogP contribution in [0.15, 0.2) is 57.3 Å². The first kappa shape index (κ1) is 25.2. The Hall–Kier alpha value is -2.49. The van der Waals surface area contributed by atoms with E-state index in [1.165, 1.54) is 0 Å². The summed E-state index contributed by atoms with van der Waals surface area (Å²) in [7, 11) is 1.60. The predicted octanol–water partition coefficient (Wildman–Crippen LogP) is 6.81. The molecular weight excluding hydrogens is 564 g/mol.